The van der Waals surface area contributed by atoms with E-state index in [1.54, 1.807) is 25.1 Å². The maximum Gasteiger partial charge on any atom is 0.338 e. The fraction of sp³-hybridized carbons (Fsp3) is 0.321. The Hall–Kier alpha value is -4.09. The molecule has 0 bridgehead atoms. The third-order valence-electron chi connectivity index (χ3n) is 6.10. The zero-order valence-corrected chi connectivity index (χ0v) is 22.7. The van der Waals surface area contributed by atoms with E-state index in [1.165, 1.54) is 23.8 Å². The summed E-state index contributed by atoms with van der Waals surface area (Å²) in [7, 11) is 1.51. The molecule has 0 N–H and O–H groups in total. The van der Waals surface area contributed by atoms with Gasteiger partial charge in [-0.3, -0.25) is 19.5 Å². The zero-order valence-electron chi connectivity index (χ0n) is 21.9. The third kappa shape index (κ3) is 6.32. The van der Waals surface area contributed by atoms with E-state index in [9.17, 15) is 19.7 Å². The summed E-state index contributed by atoms with van der Waals surface area (Å²) in [6.07, 6.45) is 3.54. The molecular formula is C28H29N3O7S. The minimum Gasteiger partial charge on any atom is -0.494 e. The monoisotopic (exact) mass is 551 g/mol. The lowest BCUT2D eigenvalue weighted by molar-refractivity contribution is -0.384. The standard InChI is InChI=1S/C28H29N3O7S/c1-4-5-13-37-22-11-9-20(10-12-22)25-24(27(33)38-15-14-36-3)18(2)29-28-30(25)26(32)23(39-28)17-19-7-6-8-21(16-19)31(34)35/h6-12,16-17,25H,4-5,13-15H2,1-3H3. The highest BCUT2D eigenvalue weighted by Gasteiger charge is 2.33. The molecule has 11 heteroatoms. The zero-order chi connectivity index (χ0) is 27.9. The highest BCUT2D eigenvalue weighted by molar-refractivity contribution is 7.07. The molecule has 10 nitrogen and oxygen atoms in total. The van der Waals surface area contributed by atoms with Crippen molar-refractivity contribution in [3.05, 3.63) is 101 Å². The minimum atomic E-state index is -0.784. The Morgan fingerprint density at radius 3 is 2.64 bits per heavy atom. The molecule has 0 saturated carbocycles. The number of unbranched alkanes of at least 4 members (excludes halogenated alkanes) is 1. The number of carbonyl (C=O) groups excluding carboxylic acids is 1. The van der Waals surface area contributed by atoms with Crippen LogP contribution in [0.1, 0.15) is 43.9 Å². The summed E-state index contributed by atoms with van der Waals surface area (Å²) in [6, 6.07) is 12.5. The molecule has 0 fully saturated rings. The Labute approximate surface area is 228 Å². The van der Waals surface area contributed by atoms with Gasteiger partial charge in [-0.05, 0) is 42.7 Å². The minimum absolute atomic E-state index is 0.0558. The SMILES string of the molecule is CCCCOc1ccc(C2C(C(=O)OCCOC)=C(C)N=c3sc(=Cc4cccc([N+](=O)[O-])c4)c(=O)n32)cc1. The second-order valence-corrected chi connectivity index (χ2v) is 9.84. The molecule has 0 radical (unpaired) electrons. The van der Waals surface area contributed by atoms with E-state index in [0.717, 1.165) is 24.2 Å². The fourth-order valence-corrected chi connectivity index (χ4v) is 5.20. The Morgan fingerprint density at radius 1 is 1.18 bits per heavy atom. The predicted molar refractivity (Wildman–Crippen MR) is 147 cm³/mol. The van der Waals surface area contributed by atoms with Gasteiger partial charge in [0.25, 0.3) is 11.2 Å². The van der Waals surface area contributed by atoms with Crippen LogP contribution in [0.25, 0.3) is 6.08 Å². The van der Waals surface area contributed by atoms with Gasteiger partial charge in [-0.15, -0.1) is 0 Å². The van der Waals surface area contributed by atoms with Gasteiger partial charge < -0.3 is 14.2 Å². The number of fused-ring (bicyclic) bond motifs is 1. The second kappa shape index (κ2) is 12.6. The number of benzene rings is 2. The molecule has 0 aliphatic carbocycles. The maximum atomic E-state index is 13.7. The Kier molecular flexibility index (Phi) is 9.05. The van der Waals surface area contributed by atoms with Crippen molar-refractivity contribution in [2.75, 3.05) is 26.9 Å². The molecule has 1 aliphatic rings. The maximum absolute atomic E-state index is 13.7. The summed E-state index contributed by atoms with van der Waals surface area (Å²) in [4.78, 5) is 42.6. The molecule has 0 saturated heterocycles. The molecule has 0 amide bonds. The number of nitro benzene ring substituents is 1. The van der Waals surface area contributed by atoms with Crippen LogP contribution in [0.15, 0.2) is 69.6 Å². The number of nitro groups is 1. The van der Waals surface area contributed by atoms with Gasteiger partial charge in [0.1, 0.15) is 12.4 Å². The van der Waals surface area contributed by atoms with Gasteiger partial charge in [-0.1, -0.05) is 48.9 Å². The second-order valence-electron chi connectivity index (χ2n) is 8.83. The van der Waals surface area contributed by atoms with Crippen molar-refractivity contribution in [3.63, 3.8) is 0 Å². The van der Waals surface area contributed by atoms with Crippen LogP contribution in [0, 0.1) is 10.1 Å². The number of non-ortho nitro benzene ring substituents is 1. The quantitative estimate of drug-likeness (QED) is 0.155. The number of methoxy groups -OCH3 is 1. The number of hydrogen-bond acceptors (Lipinski definition) is 9. The smallest absolute Gasteiger partial charge is 0.338 e. The first-order valence-electron chi connectivity index (χ1n) is 12.5. The lowest BCUT2D eigenvalue weighted by atomic mass is 9.96. The fourth-order valence-electron chi connectivity index (χ4n) is 4.15. The van der Waals surface area contributed by atoms with Crippen molar-refractivity contribution in [1.29, 1.82) is 0 Å². The van der Waals surface area contributed by atoms with Crippen LogP contribution in [0.4, 0.5) is 5.69 Å². The Morgan fingerprint density at radius 2 is 1.95 bits per heavy atom. The van der Waals surface area contributed by atoms with Crippen molar-refractivity contribution in [1.82, 2.24) is 4.57 Å². The van der Waals surface area contributed by atoms with Crippen molar-refractivity contribution >= 4 is 29.1 Å². The topological polar surface area (TPSA) is 122 Å². The largest absolute Gasteiger partial charge is 0.494 e. The van der Waals surface area contributed by atoms with E-state index in [1.807, 2.05) is 24.3 Å². The first kappa shape index (κ1) is 27.9. The van der Waals surface area contributed by atoms with Gasteiger partial charge in [-0.25, -0.2) is 9.79 Å². The van der Waals surface area contributed by atoms with Crippen molar-refractivity contribution < 1.29 is 23.9 Å². The molecule has 2 heterocycles. The molecule has 2 aromatic carbocycles. The Bertz CT molecular complexity index is 1570. The molecule has 1 unspecified atom stereocenters. The van der Waals surface area contributed by atoms with E-state index < -0.39 is 16.9 Å². The number of esters is 1. The van der Waals surface area contributed by atoms with Crippen LogP contribution >= 0.6 is 11.3 Å². The first-order chi connectivity index (χ1) is 18.8. The van der Waals surface area contributed by atoms with Crippen LogP contribution in [-0.4, -0.2) is 42.4 Å². The van der Waals surface area contributed by atoms with Crippen molar-refractivity contribution in [2.45, 2.75) is 32.7 Å². The number of hydrogen-bond donors (Lipinski definition) is 0. The number of allylic oxidation sites excluding steroid dienone is 1. The average molecular weight is 552 g/mol. The number of aromatic nitrogens is 1. The van der Waals surface area contributed by atoms with Crippen LogP contribution in [-0.2, 0) is 14.3 Å². The lowest BCUT2D eigenvalue weighted by Crippen LogP contribution is -2.40. The van der Waals surface area contributed by atoms with Gasteiger partial charge in [-0.2, -0.15) is 0 Å². The van der Waals surface area contributed by atoms with Gasteiger partial charge >= 0.3 is 5.97 Å². The normalized spacial score (nSPS) is 15.1. The van der Waals surface area contributed by atoms with E-state index in [-0.39, 0.29) is 30.0 Å². The average Bonchev–Trinajstić information content (AvgIpc) is 3.22. The summed E-state index contributed by atoms with van der Waals surface area (Å²) in [5, 5.41) is 11.2. The number of ether oxygens (including phenoxy) is 3. The number of rotatable bonds is 11. The van der Waals surface area contributed by atoms with Crippen molar-refractivity contribution in [3.8, 4) is 5.75 Å². The number of thiazole rings is 1. The lowest BCUT2D eigenvalue weighted by Gasteiger charge is -2.25. The molecule has 1 aliphatic heterocycles. The van der Waals surface area contributed by atoms with Crippen LogP contribution in [0.3, 0.4) is 0 Å². The summed E-state index contributed by atoms with van der Waals surface area (Å²) < 4.78 is 18.0. The van der Waals surface area contributed by atoms with E-state index in [2.05, 4.69) is 11.9 Å². The first-order valence-corrected chi connectivity index (χ1v) is 13.3. The van der Waals surface area contributed by atoms with Crippen LogP contribution in [0.5, 0.6) is 5.75 Å². The summed E-state index contributed by atoms with van der Waals surface area (Å²) in [6.45, 7) is 4.68. The van der Waals surface area contributed by atoms with Gasteiger partial charge in [0, 0.05) is 19.2 Å². The molecule has 39 heavy (non-hydrogen) atoms. The summed E-state index contributed by atoms with van der Waals surface area (Å²) in [5.74, 6) is 0.102. The van der Waals surface area contributed by atoms with Crippen LogP contribution < -0.4 is 19.6 Å². The molecule has 1 atom stereocenters. The number of nitrogens with zero attached hydrogens (tertiary/aromatic N) is 3. The predicted octanol–water partition coefficient (Wildman–Crippen LogP) is 3.51. The third-order valence-corrected chi connectivity index (χ3v) is 7.09. The highest BCUT2D eigenvalue weighted by atomic mass is 32.1. The Balaban J connectivity index is 1.81. The molecular weight excluding hydrogens is 522 g/mol. The van der Waals surface area contributed by atoms with Gasteiger partial charge in [0.2, 0.25) is 0 Å². The molecule has 204 valence electrons. The van der Waals surface area contributed by atoms with Gasteiger partial charge in [0.05, 0.1) is 40.0 Å². The van der Waals surface area contributed by atoms with Crippen LogP contribution in [0.2, 0.25) is 0 Å². The molecule has 3 aromatic rings. The van der Waals surface area contributed by atoms with E-state index in [0.29, 0.717) is 38.5 Å². The van der Waals surface area contributed by atoms with E-state index in [4.69, 9.17) is 14.2 Å². The molecule has 4 rings (SSSR count). The summed E-state index contributed by atoms with van der Waals surface area (Å²) in [5.41, 5.74) is 1.44. The van der Waals surface area contributed by atoms with E-state index >= 15 is 0 Å². The van der Waals surface area contributed by atoms with Crippen molar-refractivity contribution in [2.24, 2.45) is 4.99 Å². The molecule has 0 spiro atoms. The highest BCUT2D eigenvalue weighted by Crippen LogP contribution is 2.31. The molecule has 1 aromatic heterocycles. The summed E-state index contributed by atoms with van der Waals surface area (Å²) >= 11 is 1.15. The number of carbonyl (C=O) groups is 1. The van der Waals surface area contributed by atoms with Gasteiger partial charge in [0.15, 0.2) is 4.80 Å².